The highest BCUT2D eigenvalue weighted by Gasteiger charge is 2.44. The average Bonchev–Trinajstić information content (AvgIpc) is 2.13. The Morgan fingerprint density at radius 2 is 1.75 bits per heavy atom. The Balaban J connectivity index is 2.86. The maximum Gasteiger partial charge on any atom is 0.0117 e. The summed E-state index contributed by atoms with van der Waals surface area (Å²) < 4.78 is 0. The summed E-state index contributed by atoms with van der Waals surface area (Å²) in [5.74, 6) is 0.566. The monoisotopic (exact) mass is 226 g/mol. The Labute approximate surface area is 101 Å². The standard InChI is InChI=1S/C14H30N2/c1-10(2)12(15)14(5)8-11(16-6)7-13(3,4)9-14/h10-12,16H,7-9,15H2,1-6H3. The van der Waals surface area contributed by atoms with E-state index >= 15 is 0 Å². The Kier molecular flexibility index (Phi) is 4.07. The summed E-state index contributed by atoms with van der Waals surface area (Å²) in [7, 11) is 2.08. The molecule has 0 aromatic heterocycles. The first-order valence-corrected chi connectivity index (χ1v) is 6.63. The minimum atomic E-state index is 0.281. The number of hydrogen-bond donors (Lipinski definition) is 2. The maximum absolute atomic E-state index is 6.44. The van der Waals surface area contributed by atoms with Crippen molar-refractivity contribution >= 4 is 0 Å². The van der Waals surface area contributed by atoms with Crippen molar-refractivity contribution in [2.75, 3.05) is 7.05 Å². The molecule has 16 heavy (non-hydrogen) atoms. The molecule has 0 bridgehead atoms. The molecule has 1 aliphatic rings. The highest BCUT2D eigenvalue weighted by atomic mass is 14.9. The maximum atomic E-state index is 6.44. The Morgan fingerprint density at radius 3 is 2.19 bits per heavy atom. The third kappa shape index (κ3) is 2.98. The van der Waals surface area contributed by atoms with Crippen LogP contribution >= 0.6 is 0 Å². The quantitative estimate of drug-likeness (QED) is 0.776. The molecule has 96 valence electrons. The van der Waals surface area contributed by atoms with Crippen LogP contribution in [0.5, 0.6) is 0 Å². The van der Waals surface area contributed by atoms with Crippen molar-refractivity contribution in [2.45, 2.75) is 66.0 Å². The van der Waals surface area contributed by atoms with E-state index in [1.807, 2.05) is 0 Å². The highest BCUT2D eigenvalue weighted by molar-refractivity contribution is 4.99. The SMILES string of the molecule is CNC1CC(C)(C)CC(C)(C(N)C(C)C)C1. The van der Waals surface area contributed by atoms with Crippen LogP contribution in [0.3, 0.4) is 0 Å². The molecular formula is C14H30N2. The average molecular weight is 226 g/mol. The van der Waals surface area contributed by atoms with Crippen LogP contribution in [0, 0.1) is 16.7 Å². The van der Waals surface area contributed by atoms with Crippen molar-refractivity contribution in [1.29, 1.82) is 0 Å². The van der Waals surface area contributed by atoms with Crippen molar-refractivity contribution in [3.05, 3.63) is 0 Å². The van der Waals surface area contributed by atoms with Gasteiger partial charge in [-0.3, -0.25) is 0 Å². The third-order valence-corrected chi connectivity index (χ3v) is 4.33. The molecule has 3 atom stereocenters. The second-order valence-electron chi connectivity index (χ2n) is 7.16. The molecule has 1 rings (SSSR count). The van der Waals surface area contributed by atoms with E-state index in [0.717, 1.165) is 0 Å². The van der Waals surface area contributed by atoms with E-state index in [9.17, 15) is 0 Å². The summed E-state index contributed by atoms with van der Waals surface area (Å²) in [6, 6.07) is 0.932. The molecule has 2 nitrogen and oxygen atoms in total. The molecule has 0 saturated heterocycles. The minimum absolute atomic E-state index is 0.281. The zero-order chi connectivity index (χ0) is 12.6. The van der Waals surface area contributed by atoms with Gasteiger partial charge >= 0.3 is 0 Å². The molecule has 0 aromatic carbocycles. The summed E-state index contributed by atoms with van der Waals surface area (Å²) in [6.07, 6.45) is 3.73. The molecule has 1 aliphatic carbocycles. The van der Waals surface area contributed by atoms with Crippen molar-refractivity contribution in [1.82, 2.24) is 5.32 Å². The van der Waals surface area contributed by atoms with Gasteiger partial charge in [-0.2, -0.15) is 0 Å². The molecular weight excluding hydrogens is 196 g/mol. The molecule has 3 unspecified atom stereocenters. The van der Waals surface area contributed by atoms with Crippen LogP contribution in [0.25, 0.3) is 0 Å². The van der Waals surface area contributed by atoms with Crippen molar-refractivity contribution in [3.8, 4) is 0 Å². The number of nitrogens with one attached hydrogen (secondary N) is 1. The molecule has 1 saturated carbocycles. The zero-order valence-electron chi connectivity index (χ0n) is 11.9. The Bertz CT molecular complexity index is 235. The van der Waals surface area contributed by atoms with Gasteiger partial charge in [-0.25, -0.2) is 0 Å². The van der Waals surface area contributed by atoms with Crippen LogP contribution in [0.2, 0.25) is 0 Å². The third-order valence-electron chi connectivity index (χ3n) is 4.33. The first kappa shape index (κ1) is 14.0. The van der Waals surface area contributed by atoms with Gasteiger partial charge in [0.2, 0.25) is 0 Å². The highest BCUT2D eigenvalue weighted by Crippen LogP contribution is 2.48. The predicted molar refractivity (Wildman–Crippen MR) is 71.4 cm³/mol. The Morgan fingerprint density at radius 1 is 1.19 bits per heavy atom. The first-order valence-electron chi connectivity index (χ1n) is 6.63. The zero-order valence-corrected chi connectivity index (χ0v) is 11.9. The van der Waals surface area contributed by atoms with E-state index in [0.29, 0.717) is 23.4 Å². The molecule has 0 spiro atoms. The fourth-order valence-electron chi connectivity index (χ4n) is 3.80. The van der Waals surface area contributed by atoms with Crippen LogP contribution in [0.1, 0.15) is 53.9 Å². The molecule has 0 aromatic rings. The normalized spacial score (nSPS) is 36.4. The summed E-state index contributed by atoms with van der Waals surface area (Å²) in [5, 5.41) is 3.45. The molecule has 1 fully saturated rings. The van der Waals surface area contributed by atoms with Crippen molar-refractivity contribution in [2.24, 2.45) is 22.5 Å². The summed E-state index contributed by atoms with van der Waals surface area (Å²) in [6.45, 7) is 11.6. The van der Waals surface area contributed by atoms with Gasteiger partial charge < -0.3 is 11.1 Å². The summed E-state index contributed by atoms with van der Waals surface area (Å²) in [4.78, 5) is 0. The van der Waals surface area contributed by atoms with Crippen LogP contribution in [0.15, 0.2) is 0 Å². The second-order valence-corrected chi connectivity index (χ2v) is 7.16. The fourth-order valence-corrected chi connectivity index (χ4v) is 3.80. The fraction of sp³-hybridized carbons (Fsp3) is 1.00. The molecule has 0 heterocycles. The van der Waals surface area contributed by atoms with Crippen LogP contribution < -0.4 is 11.1 Å². The number of hydrogen-bond acceptors (Lipinski definition) is 2. The first-order chi connectivity index (χ1) is 7.20. The summed E-state index contributed by atoms with van der Waals surface area (Å²) in [5.41, 5.74) is 7.13. The van der Waals surface area contributed by atoms with Gasteiger partial charge in [-0.15, -0.1) is 0 Å². The van der Waals surface area contributed by atoms with Crippen LogP contribution in [-0.2, 0) is 0 Å². The van der Waals surface area contributed by atoms with Crippen LogP contribution in [-0.4, -0.2) is 19.1 Å². The minimum Gasteiger partial charge on any atom is -0.327 e. The van der Waals surface area contributed by atoms with Gasteiger partial charge in [0.05, 0.1) is 0 Å². The van der Waals surface area contributed by atoms with E-state index in [4.69, 9.17) is 5.73 Å². The van der Waals surface area contributed by atoms with Crippen molar-refractivity contribution < 1.29 is 0 Å². The topological polar surface area (TPSA) is 38.0 Å². The van der Waals surface area contributed by atoms with E-state index in [-0.39, 0.29) is 5.41 Å². The van der Waals surface area contributed by atoms with Gasteiger partial charge in [0, 0.05) is 12.1 Å². The van der Waals surface area contributed by atoms with E-state index < -0.39 is 0 Å². The molecule has 0 radical (unpaired) electrons. The smallest absolute Gasteiger partial charge is 0.0117 e. The summed E-state index contributed by atoms with van der Waals surface area (Å²) >= 11 is 0. The number of nitrogens with two attached hydrogens (primary N) is 1. The number of rotatable bonds is 3. The molecule has 2 heteroatoms. The van der Waals surface area contributed by atoms with Crippen LogP contribution in [0.4, 0.5) is 0 Å². The van der Waals surface area contributed by atoms with Gasteiger partial charge in [-0.1, -0.05) is 34.6 Å². The molecule has 0 aliphatic heterocycles. The van der Waals surface area contributed by atoms with Crippen molar-refractivity contribution in [3.63, 3.8) is 0 Å². The lowest BCUT2D eigenvalue weighted by Crippen LogP contribution is -2.53. The lowest BCUT2D eigenvalue weighted by Gasteiger charge is -2.50. The van der Waals surface area contributed by atoms with E-state index in [1.54, 1.807) is 0 Å². The molecule has 0 amide bonds. The van der Waals surface area contributed by atoms with E-state index in [1.165, 1.54) is 19.3 Å². The largest absolute Gasteiger partial charge is 0.327 e. The second kappa shape index (κ2) is 4.66. The van der Waals surface area contributed by atoms with Gasteiger partial charge in [-0.05, 0) is 43.1 Å². The lowest BCUT2D eigenvalue weighted by atomic mass is 9.58. The lowest BCUT2D eigenvalue weighted by molar-refractivity contribution is 0.0391. The van der Waals surface area contributed by atoms with Gasteiger partial charge in [0.1, 0.15) is 0 Å². The van der Waals surface area contributed by atoms with E-state index in [2.05, 4.69) is 47.0 Å². The predicted octanol–water partition coefficient (Wildman–Crippen LogP) is 2.77. The van der Waals surface area contributed by atoms with Gasteiger partial charge in [0.15, 0.2) is 0 Å². The molecule has 3 N–H and O–H groups in total. The Hall–Kier alpha value is -0.0800. The van der Waals surface area contributed by atoms with Gasteiger partial charge in [0.25, 0.3) is 0 Å².